The van der Waals surface area contributed by atoms with E-state index in [0.29, 0.717) is 11.5 Å². The molecule has 7 rings (SSSR count). The van der Waals surface area contributed by atoms with Crippen LogP contribution in [0.4, 0.5) is 4.39 Å². The number of benzene rings is 4. The van der Waals surface area contributed by atoms with E-state index in [4.69, 9.17) is 9.40 Å². The van der Waals surface area contributed by atoms with Gasteiger partial charge in [-0.05, 0) is 45.8 Å². The number of hydrogen-bond acceptors (Lipinski definition) is 3. The topological polar surface area (TPSA) is 38.9 Å². The second kappa shape index (κ2) is 14.0. The first kappa shape index (κ1) is 33.1. The first-order valence-electron chi connectivity index (χ1n) is 15.2. The summed E-state index contributed by atoms with van der Waals surface area (Å²) >= 11 is 0. The normalized spacial score (nSPS) is 11.3. The van der Waals surface area contributed by atoms with Gasteiger partial charge in [0.2, 0.25) is 0 Å². The van der Waals surface area contributed by atoms with Gasteiger partial charge in [0.25, 0.3) is 0 Å². The van der Waals surface area contributed by atoms with Gasteiger partial charge >= 0.3 is 0 Å². The van der Waals surface area contributed by atoms with Crippen molar-refractivity contribution >= 4 is 35.2 Å². The fourth-order valence-electron chi connectivity index (χ4n) is 5.47. The number of para-hydroxylation sites is 1. The Bertz CT molecular complexity index is 2090. The summed E-state index contributed by atoms with van der Waals surface area (Å²) < 4.78 is 19.8. The van der Waals surface area contributed by atoms with Crippen molar-refractivity contribution < 1.29 is 28.9 Å². The summed E-state index contributed by atoms with van der Waals surface area (Å²) in [5.74, 6) is 0.0533. The maximum absolute atomic E-state index is 14.0. The smallest absolute Gasteiger partial charge is 0.165 e. The number of nitrogens with zero attached hydrogens (tertiary/aromatic N) is 2. The van der Waals surface area contributed by atoms with E-state index < -0.39 is 8.07 Å². The molecule has 0 atom stereocenters. The van der Waals surface area contributed by atoms with Crippen LogP contribution in [-0.4, -0.2) is 18.0 Å². The van der Waals surface area contributed by atoms with E-state index >= 15 is 0 Å². The van der Waals surface area contributed by atoms with Crippen LogP contribution in [0.5, 0.6) is 0 Å². The molecule has 7 aromatic rings. The molecule has 0 aliphatic carbocycles. The van der Waals surface area contributed by atoms with Crippen LogP contribution in [0.3, 0.4) is 0 Å². The van der Waals surface area contributed by atoms with Crippen molar-refractivity contribution in [3.8, 4) is 33.6 Å². The molecule has 3 heterocycles. The Kier molecular flexibility index (Phi) is 10.1. The van der Waals surface area contributed by atoms with Crippen molar-refractivity contribution in [2.45, 2.75) is 39.4 Å². The fraction of sp³-hybridized carbons (Fsp3) is 0.150. The summed E-state index contributed by atoms with van der Waals surface area (Å²) in [5, 5.41) is 3.05. The van der Waals surface area contributed by atoms with Crippen LogP contribution in [0.2, 0.25) is 19.6 Å². The summed E-state index contributed by atoms with van der Waals surface area (Å²) in [7, 11) is -1.46. The largest absolute Gasteiger partial charge is 0.498 e. The minimum Gasteiger partial charge on any atom is -0.498 e. The van der Waals surface area contributed by atoms with Crippen molar-refractivity contribution in [2.24, 2.45) is 0 Å². The molecule has 6 heteroatoms. The Morgan fingerprint density at radius 1 is 0.739 bits per heavy atom. The summed E-state index contributed by atoms with van der Waals surface area (Å²) in [6.45, 7) is 11.4. The molecule has 0 saturated heterocycles. The molecular weight excluding hydrogens is 764 g/mol. The number of rotatable bonds is 5. The van der Waals surface area contributed by atoms with E-state index in [9.17, 15) is 4.39 Å². The second-order valence-electron chi connectivity index (χ2n) is 12.5. The number of hydrogen-bond donors (Lipinski definition) is 0. The predicted octanol–water partition coefficient (Wildman–Crippen LogP) is 10.5. The van der Waals surface area contributed by atoms with Crippen LogP contribution in [0.1, 0.15) is 25.3 Å². The van der Waals surface area contributed by atoms with Gasteiger partial charge in [-0.3, -0.25) is 0 Å². The Morgan fingerprint density at radius 2 is 1.50 bits per heavy atom. The molecule has 0 saturated carbocycles. The van der Waals surface area contributed by atoms with E-state index in [1.54, 1.807) is 12.3 Å². The van der Waals surface area contributed by atoms with Gasteiger partial charge in [-0.1, -0.05) is 105 Å². The monoisotopic (exact) mass is 799 g/mol. The van der Waals surface area contributed by atoms with Crippen molar-refractivity contribution in [3.63, 3.8) is 0 Å². The van der Waals surface area contributed by atoms with Gasteiger partial charge in [0.1, 0.15) is 0 Å². The molecular formula is C40H35FIrN2OSi-2. The molecule has 0 aliphatic rings. The second-order valence-corrected chi connectivity index (χ2v) is 17.5. The Morgan fingerprint density at radius 3 is 2.22 bits per heavy atom. The molecule has 0 bridgehead atoms. The molecule has 0 fully saturated rings. The van der Waals surface area contributed by atoms with Crippen molar-refractivity contribution in [2.75, 3.05) is 0 Å². The molecule has 0 unspecified atom stereocenters. The van der Waals surface area contributed by atoms with Crippen LogP contribution < -0.4 is 5.19 Å². The van der Waals surface area contributed by atoms with Crippen LogP contribution in [-0.2, 0) is 20.1 Å². The van der Waals surface area contributed by atoms with Crippen molar-refractivity contribution in [1.82, 2.24) is 9.97 Å². The van der Waals surface area contributed by atoms with Gasteiger partial charge < -0.3 is 14.4 Å². The minimum absolute atomic E-state index is 0. The molecule has 0 aliphatic heterocycles. The maximum atomic E-state index is 14.0. The third-order valence-electron chi connectivity index (χ3n) is 7.90. The summed E-state index contributed by atoms with van der Waals surface area (Å²) in [4.78, 5) is 9.15. The number of aromatic nitrogens is 2. The number of pyridine rings is 2. The van der Waals surface area contributed by atoms with E-state index in [1.807, 2.05) is 48.5 Å². The van der Waals surface area contributed by atoms with Crippen LogP contribution in [0.25, 0.3) is 55.6 Å². The molecule has 0 spiro atoms. The Hall–Kier alpha value is -4.22. The number of furan rings is 1. The van der Waals surface area contributed by atoms with Crippen LogP contribution >= 0.6 is 0 Å². The summed E-state index contributed by atoms with van der Waals surface area (Å²) in [6.07, 6.45) is 3.87. The van der Waals surface area contributed by atoms with Gasteiger partial charge in [0, 0.05) is 37.9 Å². The first-order valence-corrected chi connectivity index (χ1v) is 18.7. The third kappa shape index (κ3) is 6.95. The van der Waals surface area contributed by atoms with E-state index in [-0.39, 0.29) is 31.5 Å². The standard InChI is InChI=1S/C20H15FNO.C20H20NSi.Ir/c1-12(2)13-9-10-22-18(11-13)16-7-3-5-14-15-6-4-8-17(21)20(15)23-19(14)16;1-22(2,3)20-15-21-19(17-12-8-5-9-13-17)14-18(20)16-10-6-4-7-11-16;/h3-6,8-12H,1-2H3;4-12,14-15H,1-3H3;/q2*-1;. The molecule has 0 amide bonds. The minimum atomic E-state index is -1.46. The molecule has 46 heavy (non-hydrogen) atoms. The maximum Gasteiger partial charge on any atom is 0.165 e. The zero-order valence-corrected chi connectivity index (χ0v) is 30.0. The molecule has 3 nitrogen and oxygen atoms in total. The number of fused-ring (bicyclic) bond motifs is 3. The Labute approximate surface area is 284 Å². The average molecular weight is 799 g/mol. The van der Waals surface area contributed by atoms with Crippen molar-refractivity contribution in [1.29, 1.82) is 0 Å². The third-order valence-corrected chi connectivity index (χ3v) is 9.91. The van der Waals surface area contributed by atoms with Crippen molar-refractivity contribution in [3.05, 3.63) is 139 Å². The van der Waals surface area contributed by atoms with Crippen LogP contribution in [0.15, 0.2) is 120 Å². The SMILES string of the molecule is CC(C)c1ccnc(-c2[c-]ccc3c2oc2c(F)cccc23)c1.C[Si](C)(C)c1cnc(-c2[c-]cccc2)cc1-c1ccccc1.[Ir]. The van der Waals surface area contributed by atoms with Gasteiger partial charge in [-0.15, -0.1) is 54.1 Å². The fourth-order valence-corrected chi connectivity index (χ4v) is 6.95. The summed E-state index contributed by atoms with van der Waals surface area (Å²) in [5.41, 5.74) is 8.26. The zero-order valence-electron chi connectivity index (χ0n) is 26.6. The summed E-state index contributed by atoms with van der Waals surface area (Å²) in [6, 6.07) is 40.1. The molecule has 1 radical (unpaired) electrons. The van der Waals surface area contributed by atoms with E-state index in [2.05, 4.69) is 99.3 Å². The molecule has 0 N–H and O–H groups in total. The number of halogens is 1. The van der Waals surface area contributed by atoms with Gasteiger partial charge in [0.15, 0.2) is 11.4 Å². The van der Waals surface area contributed by atoms with E-state index in [0.717, 1.165) is 33.3 Å². The van der Waals surface area contributed by atoms with Gasteiger partial charge in [0.05, 0.1) is 13.7 Å². The van der Waals surface area contributed by atoms with E-state index in [1.165, 1.54) is 27.9 Å². The van der Waals surface area contributed by atoms with Gasteiger partial charge in [-0.2, -0.15) is 0 Å². The molecule has 233 valence electrons. The zero-order chi connectivity index (χ0) is 31.6. The molecule has 4 aromatic carbocycles. The first-order chi connectivity index (χ1) is 21.7. The predicted molar refractivity (Wildman–Crippen MR) is 187 cm³/mol. The molecule has 3 aromatic heterocycles. The van der Waals surface area contributed by atoms with Crippen LogP contribution in [0, 0.1) is 17.9 Å². The Balaban J connectivity index is 0.000000178. The average Bonchev–Trinajstić information content (AvgIpc) is 3.46. The van der Waals surface area contributed by atoms with Gasteiger partial charge in [-0.25, -0.2) is 4.39 Å². The quantitative estimate of drug-likeness (QED) is 0.129.